The zero-order chi connectivity index (χ0) is 13.0. The third-order valence-corrected chi connectivity index (χ3v) is 3.13. The minimum absolute atomic E-state index is 0.00315. The first-order valence-electron chi connectivity index (χ1n) is 5.35. The van der Waals surface area contributed by atoms with E-state index in [1.54, 1.807) is 0 Å². The van der Waals surface area contributed by atoms with E-state index in [4.69, 9.17) is 4.74 Å². The van der Waals surface area contributed by atoms with Crippen LogP contribution in [0.25, 0.3) is 0 Å². The van der Waals surface area contributed by atoms with Crippen molar-refractivity contribution in [3.8, 4) is 11.5 Å². The van der Waals surface area contributed by atoms with Crippen LogP contribution in [0.3, 0.4) is 0 Å². The number of rotatable bonds is 4. The summed E-state index contributed by atoms with van der Waals surface area (Å²) in [5.41, 5.74) is 1.43. The molecule has 0 unspecified atom stereocenters. The van der Waals surface area contributed by atoms with E-state index in [-0.39, 0.29) is 5.75 Å². The maximum atomic E-state index is 10.8. The molecular formula is C14H11BrO3. The molecule has 0 aliphatic heterocycles. The quantitative estimate of drug-likeness (QED) is 0.879. The fourth-order valence-corrected chi connectivity index (χ4v) is 1.92. The third-order valence-electron chi connectivity index (χ3n) is 2.44. The van der Waals surface area contributed by atoms with Gasteiger partial charge >= 0.3 is 0 Å². The highest BCUT2D eigenvalue weighted by Crippen LogP contribution is 2.32. The first-order chi connectivity index (χ1) is 8.70. The molecule has 18 heavy (non-hydrogen) atoms. The molecule has 0 spiro atoms. The van der Waals surface area contributed by atoms with Crippen LogP contribution >= 0.6 is 15.9 Å². The van der Waals surface area contributed by atoms with Crippen LogP contribution in [0.15, 0.2) is 46.9 Å². The normalized spacial score (nSPS) is 10.1. The number of phenols is 1. The molecule has 0 aliphatic carbocycles. The Labute approximate surface area is 113 Å². The van der Waals surface area contributed by atoms with Gasteiger partial charge in [-0.2, -0.15) is 0 Å². The van der Waals surface area contributed by atoms with Crippen LogP contribution in [0.1, 0.15) is 15.9 Å². The lowest BCUT2D eigenvalue weighted by Gasteiger charge is -2.09. The Balaban J connectivity index is 2.17. The molecular weight excluding hydrogens is 296 g/mol. The van der Waals surface area contributed by atoms with E-state index < -0.39 is 0 Å². The molecule has 2 aromatic carbocycles. The van der Waals surface area contributed by atoms with Gasteiger partial charge in [0.25, 0.3) is 0 Å². The van der Waals surface area contributed by atoms with Crippen molar-refractivity contribution in [3.63, 3.8) is 0 Å². The highest BCUT2D eigenvalue weighted by Gasteiger charge is 2.08. The van der Waals surface area contributed by atoms with Gasteiger partial charge in [-0.05, 0) is 33.6 Å². The predicted octanol–water partition coefficient (Wildman–Crippen LogP) is 3.55. The zero-order valence-electron chi connectivity index (χ0n) is 9.47. The van der Waals surface area contributed by atoms with Crippen molar-refractivity contribution in [2.75, 3.05) is 0 Å². The number of benzene rings is 2. The van der Waals surface area contributed by atoms with Gasteiger partial charge in [-0.1, -0.05) is 30.3 Å². The maximum Gasteiger partial charge on any atom is 0.162 e. The summed E-state index contributed by atoms with van der Waals surface area (Å²) in [6.45, 7) is 0.342. The molecule has 2 rings (SSSR count). The van der Waals surface area contributed by atoms with E-state index in [2.05, 4.69) is 15.9 Å². The molecule has 0 fully saturated rings. The van der Waals surface area contributed by atoms with Crippen molar-refractivity contribution in [1.29, 1.82) is 0 Å². The number of aromatic hydroxyl groups is 1. The monoisotopic (exact) mass is 306 g/mol. The fourth-order valence-electron chi connectivity index (χ4n) is 1.50. The Bertz CT molecular complexity index is 552. The molecule has 3 nitrogen and oxygen atoms in total. The van der Waals surface area contributed by atoms with Gasteiger partial charge in [-0.25, -0.2) is 0 Å². The number of hydrogen-bond acceptors (Lipinski definition) is 3. The minimum Gasteiger partial charge on any atom is -0.504 e. The molecule has 0 aliphatic rings. The van der Waals surface area contributed by atoms with Crippen molar-refractivity contribution in [2.24, 2.45) is 0 Å². The Morgan fingerprint density at radius 2 is 1.94 bits per heavy atom. The second-order valence-electron chi connectivity index (χ2n) is 3.73. The van der Waals surface area contributed by atoms with Gasteiger partial charge in [-0.3, -0.25) is 4.79 Å². The molecule has 92 valence electrons. The summed E-state index contributed by atoms with van der Waals surface area (Å²) in [6.07, 6.45) is 0.707. The summed E-state index contributed by atoms with van der Waals surface area (Å²) >= 11 is 3.19. The summed E-state index contributed by atoms with van der Waals surface area (Å²) in [5.74, 6) is 0.299. The zero-order valence-corrected chi connectivity index (χ0v) is 11.1. The lowest BCUT2D eigenvalue weighted by Crippen LogP contribution is -1.96. The van der Waals surface area contributed by atoms with Gasteiger partial charge in [-0.15, -0.1) is 0 Å². The van der Waals surface area contributed by atoms with E-state index in [0.29, 0.717) is 28.7 Å². The number of hydrogen-bond donors (Lipinski definition) is 1. The molecule has 0 heterocycles. The molecule has 0 radical (unpaired) electrons. The molecule has 4 heteroatoms. The Morgan fingerprint density at radius 1 is 1.22 bits per heavy atom. The lowest BCUT2D eigenvalue weighted by molar-refractivity contribution is 0.112. The highest BCUT2D eigenvalue weighted by atomic mass is 79.9. The lowest BCUT2D eigenvalue weighted by atomic mass is 10.2. The topological polar surface area (TPSA) is 46.5 Å². The van der Waals surface area contributed by atoms with Crippen LogP contribution < -0.4 is 4.74 Å². The molecule has 0 amide bonds. The molecule has 2 aromatic rings. The van der Waals surface area contributed by atoms with Crippen molar-refractivity contribution in [3.05, 3.63) is 58.1 Å². The smallest absolute Gasteiger partial charge is 0.162 e. The molecule has 0 atom stereocenters. The van der Waals surface area contributed by atoms with E-state index in [0.717, 1.165) is 5.56 Å². The summed E-state index contributed by atoms with van der Waals surface area (Å²) < 4.78 is 6.03. The van der Waals surface area contributed by atoms with Crippen molar-refractivity contribution >= 4 is 22.2 Å². The Kier molecular flexibility index (Phi) is 3.99. The largest absolute Gasteiger partial charge is 0.504 e. The van der Waals surface area contributed by atoms with Gasteiger partial charge in [0.2, 0.25) is 0 Å². The molecule has 0 aromatic heterocycles. The molecule has 0 saturated heterocycles. The number of halogens is 1. The van der Waals surface area contributed by atoms with Gasteiger partial charge in [0, 0.05) is 10.0 Å². The van der Waals surface area contributed by atoms with Gasteiger partial charge in [0.05, 0.1) is 0 Å². The first kappa shape index (κ1) is 12.6. The van der Waals surface area contributed by atoms with Crippen molar-refractivity contribution < 1.29 is 14.6 Å². The second kappa shape index (κ2) is 5.69. The van der Waals surface area contributed by atoms with Gasteiger partial charge < -0.3 is 9.84 Å². The first-order valence-corrected chi connectivity index (χ1v) is 6.14. The third kappa shape index (κ3) is 2.90. The second-order valence-corrected chi connectivity index (χ2v) is 4.59. The van der Waals surface area contributed by atoms with Crippen LogP contribution in [0, 0.1) is 0 Å². The van der Waals surface area contributed by atoms with Crippen molar-refractivity contribution in [1.82, 2.24) is 0 Å². The summed E-state index contributed by atoms with van der Waals surface area (Å²) in [4.78, 5) is 10.8. The number of carbonyl (C=O) groups excluding carboxylic acids is 1. The van der Waals surface area contributed by atoms with E-state index in [1.165, 1.54) is 12.1 Å². The number of carbonyl (C=O) groups is 1. The summed E-state index contributed by atoms with van der Waals surface area (Å²) in [5, 5.41) is 9.72. The van der Waals surface area contributed by atoms with E-state index in [9.17, 15) is 9.90 Å². The standard InChI is InChI=1S/C14H11BrO3/c15-12-7-13(17)14(6-11(12)8-16)18-9-10-4-2-1-3-5-10/h1-8,17H,9H2. The number of phenolic OH excluding ortho intramolecular Hbond substituents is 1. The predicted molar refractivity (Wildman–Crippen MR) is 72.0 cm³/mol. The molecule has 0 saturated carbocycles. The van der Waals surface area contributed by atoms with Gasteiger partial charge in [0.15, 0.2) is 17.8 Å². The average molecular weight is 307 g/mol. The van der Waals surface area contributed by atoms with Gasteiger partial charge in [0.1, 0.15) is 6.61 Å². The van der Waals surface area contributed by atoms with Crippen LogP contribution in [0.4, 0.5) is 0 Å². The summed E-state index contributed by atoms with van der Waals surface area (Å²) in [7, 11) is 0. The van der Waals surface area contributed by atoms with Crippen molar-refractivity contribution in [2.45, 2.75) is 6.61 Å². The van der Waals surface area contributed by atoms with E-state index in [1.807, 2.05) is 30.3 Å². The Morgan fingerprint density at radius 3 is 2.61 bits per heavy atom. The minimum atomic E-state index is 0.00315. The van der Waals surface area contributed by atoms with Crippen LogP contribution in [-0.4, -0.2) is 11.4 Å². The average Bonchev–Trinajstić information content (AvgIpc) is 2.39. The molecule has 0 bridgehead atoms. The number of ether oxygens (including phenoxy) is 1. The van der Waals surface area contributed by atoms with Crippen LogP contribution in [0.2, 0.25) is 0 Å². The van der Waals surface area contributed by atoms with E-state index >= 15 is 0 Å². The highest BCUT2D eigenvalue weighted by molar-refractivity contribution is 9.10. The number of aldehydes is 1. The Hall–Kier alpha value is -1.81. The maximum absolute atomic E-state index is 10.8. The molecule has 1 N–H and O–H groups in total. The summed E-state index contributed by atoms with van der Waals surface area (Å²) in [6, 6.07) is 12.6. The van der Waals surface area contributed by atoms with Crippen LogP contribution in [0.5, 0.6) is 11.5 Å². The SMILES string of the molecule is O=Cc1cc(OCc2ccccc2)c(O)cc1Br. The fraction of sp³-hybridized carbons (Fsp3) is 0.0714. The van der Waals surface area contributed by atoms with Crippen LogP contribution in [-0.2, 0) is 6.61 Å².